The van der Waals surface area contributed by atoms with Gasteiger partial charge in [0.05, 0.1) is 6.10 Å². The molecule has 2 atom stereocenters. The number of hydrogen-bond donors (Lipinski definition) is 1. The van der Waals surface area contributed by atoms with Crippen molar-refractivity contribution >= 4 is 10.0 Å². The summed E-state index contributed by atoms with van der Waals surface area (Å²) in [4.78, 5) is 0. The van der Waals surface area contributed by atoms with E-state index in [0.29, 0.717) is 17.1 Å². The lowest BCUT2D eigenvalue weighted by molar-refractivity contribution is -0.0532. The van der Waals surface area contributed by atoms with Crippen molar-refractivity contribution in [2.45, 2.75) is 49.4 Å². The number of alkyl halides is 3. The van der Waals surface area contributed by atoms with Gasteiger partial charge in [-0.1, -0.05) is 0 Å². The normalized spacial score (nSPS) is 36.6. The summed E-state index contributed by atoms with van der Waals surface area (Å²) in [7, 11) is -5.24. The van der Waals surface area contributed by atoms with Crippen LogP contribution < -0.4 is 0 Å². The second-order valence-electron chi connectivity index (χ2n) is 4.29. The van der Waals surface area contributed by atoms with Crippen LogP contribution in [0.15, 0.2) is 0 Å². The number of rotatable bonds is 1. The number of nitrogens with zero attached hydrogens (tertiary/aromatic N) is 1. The molecular formula is C8H12F3NO3S. The first-order chi connectivity index (χ1) is 7.23. The molecule has 0 spiro atoms. The number of aliphatic hydroxyl groups is 1. The third-order valence-corrected chi connectivity index (χ3v) is 4.95. The minimum absolute atomic E-state index is 0.103. The summed E-state index contributed by atoms with van der Waals surface area (Å²) in [5.41, 5.74) is -5.24. The van der Waals surface area contributed by atoms with E-state index in [1.807, 2.05) is 0 Å². The average molecular weight is 259 g/mol. The first-order valence-electron chi connectivity index (χ1n) is 5.01. The van der Waals surface area contributed by atoms with Crippen LogP contribution in [0.4, 0.5) is 13.2 Å². The van der Waals surface area contributed by atoms with E-state index < -0.39 is 33.7 Å². The molecule has 0 amide bonds. The predicted octanol–water partition coefficient (Wildman–Crippen LogP) is 0.824. The van der Waals surface area contributed by atoms with Crippen LogP contribution in [0, 0.1) is 0 Å². The van der Waals surface area contributed by atoms with Crippen LogP contribution >= 0.6 is 0 Å². The zero-order chi connectivity index (χ0) is 12.1. The molecule has 2 aliphatic heterocycles. The van der Waals surface area contributed by atoms with E-state index in [4.69, 9.17) is 0 Å². The van der Waals surface area contributed by atoms with Crippen molar-refractivity contribution in [3.05, 3.63) is 0 Å². The monoisotopic (exact) mass is 259 g/mol. The molecule has 8 heteroatoms. The smallest absolute Gasteiger partial charge is 0.393 e. The van der Waals surface area contributed by atoms with Crippen LogP contribution in [0.25, 0.3) is 0 Å². The Kier molecular flexibility index (Phi) is 2.71. The Morgan fingerprint density at radius 2 is 1.56 bits per heavy atom. The van der Waals surface area contributed by atoms with Crippen molar-refractivity contribution in [3.63, 3.8) is 0 Å². The van der Waals surface area contributed by atoms with Gasteiger partial charge in [-0.15, -0.1) is 0 Å². The second kappa shape index (κ2) is 3.58. The van der Waals surface area contributed by atoms with Gasteiger partial charge in [-0.05, 0) is 25.7 Å². The van der Waals surface area contributed by atoms with Gasteiger partial charge in [-0.3, -0.25) is 0 Å². The van der Waals surface area contributed by atoms with E-state index in [1.54, 1.807) is 0 Å². The SMILES string of the molecule is O=S(=O)(N1C2CCC1CC(O)C2)C(F)(F)F. The Hall–Kier alpha value is -0.340. The van der Waals surface area contributed by atoms with Crippen molar-refractivity contribution in [1.82, 2.24) is 4.31 Å². The molecule has 1 N–H and O–H groups in total. The van der Waals surface area contributed by atoms with Crippen LogP contribution in [0.2, 0.25) is 0 Å². The summed E-state index contributed by atoms with van der Waals surface area (Å²) < 4.78 is 60.3. The topological polar surface area (TPSA) is 57.6 Å². The van der Waals surface area contributed by atoms with Gasteiger partial charge in [0, 0.05) is 12.1 Å². The van der Waals surface area contributed by atoms with Gasteiger partial charge in [0.1, 0.15) is 0 Å². The van der Waals surface area contributed by atoms with Gasteiger partial charge >= 0.3 is 15.5 Å². The number of halogens is 3. The maximum atomic E-state index is 12.4. The van der Waals surface area contributed by atoms with Crippen LogP contribution in [0.1, 0.15) is 25.7 Å². The Labute approximate surface area is 91.1 Å². The zero-order valence-electron chi connectivity index (χ0n) is 8.31. The number of hydrogen-bond acceptors (Lipinski definition) is 3. The fraction of sp³-hybridized carbons (Fsp3) is 1.00. The van der Waals surface area contributed by atoms with Gasteiger partial charge in [0.25, 0.3) is 0 Å². The first kappa shape index (κ1) is 12.1. The largest absolute Gasteiger partial charge is 0.511 e. The summed E-state index contributed by atoms with van der Waals surface area (Å²) in [5, 5.41) is 9.37. The number of piperidine rings is 1. The molecule has 2 rings (SSSR count). The molecule has 2 saturated heterocycles. The van der Waals surface area contributed by atoms with Crippen molar-refractivity contribution in [2.75, 3.05) is 0 Å². The van der Waals surface area contributed by atoms with Gasteiger partial charge in [-0.2, -0.15) is 17.5 Å². The second-order valence-corrected chi connectivity index (χ2v) is 6.13. The maximum absolute atomic E-state index is 12.4. The van der Waals surface area contributed by atoms with E-state index in [2.05, 4.69) is 0 Å². The minimum Gasteiger partial charge on any atom is -0.393 e. The Bertz CT molecular complexity index is 366. The van der Waals surface area contributed by atoms with Crippen molar-refractivity contribution in [2.24, 2.45) is 0 Å². The third-order valence-electron chi connectivity index (χ3n) is 3.21. The van der Waals surface area contributed by atoms with Crippen LogP contribution in [0.5, 0.6) is 0 Å². The van der Waals surface area contributed by atoms with E-state index in [0.717, 1.165) is 0 Å². The molecule has 2 bridgehead atoms. The van der Waals surface area contributed by atoms with Crippen LogP contribution in [-0.2, 0) is 10.0 Å². The molecule has 4 nitrogen and oxygen atoms in total. The summed E-state index contributed by atoms with van der Waals surface area (Å²) in [5.74, 6) is 0. The maximum Gasteiger partial charge on any atom is 0.511 e. The third kappa shape index (κ3) is 1.72. The summed E-state index contributed by atoms with van der Waals surface area (Å²) in [6.07, 6.45) is 0.322. The van der Waals surface area contributed by atoms with E-state index in [-0.39, 0.29) is 12.8 Å². The zero-order valence-corrected chi connectivity index (χ0v) is 9.13. The van der Waals surface area contributed by atoms with E-state index >= 15 is 0 Å². The average Bonchev–Trinajstić information content (AvgIpc) is 2.37. The van der Waals surface area contributed by atoms with Crippen LogP contribution in [0.3, 0.4) is 0 Å². The molecule has 0 aromatic rings. The van der Waals surface area contributed by atoms with Crippen molar-refractivity contribution in [1.29, 1.82) is 0 Å². The summed E-state index contributed by atoms with van der Waals surface area (Å²) in [6, 6.07) is -1.39. The molecule has 2 aliphatic rings. The molecule has 94 valence electrons. The molecule has 2 heterocycles. The minimum atomic E-state index is -5.24. The Balaban J connectivity index is 2.31. The molecule has 0 aliphatic carbocycles. The number of fused-ring (bicyclic) bond motifs is 2. The van der Waals surface area contributed by atoms with E-state index in [1.165, 1.54) is 0 Å². The molecule has 2 unspecified atom stereocenters. The number of aliphatic hydroxyl groups excluding tert-OH is 1. The first-order valence-corrected chi connectivity index (χ1v) is 6.45. The summed E-state index contributed by atoms with van der Waals surface area (Å²) in [6.45, 7) is 0. The molecule has 0 radical (unpaired) electrons. The lowest BCUT2D eigenvalue weighted by Crippen LogP contribution is -2.52. The van der Waals surface area contributed by atoms with Crippen LogP contribution in [-0.4, -0.2) is 41.5 Å². The molecule has 2 fully saturated rings. The Morgan fingerprint density at radius 1 is 1.12 bits per heavy atom. The fourth-order valence-corrected chi connectivity index (χ4v) is 4.02. The van der Waals surface area contributed by atoms with E-state index in [9.17, 15) is 26.7 Å². The highest BCUT2D eigenvalue weighted by molar-refractivity contribution is 7.90. The highest BCUT2D eigenvalue weighted by Gasteiger charge is 2.57. The molecule has 16 heavy (non-hydrogen) atoms. The van der Waals surface area contributed by atoms with Gasteiger partial charge in [0.2, 0.25) is 0 Å². The standard InChI is InChI=1S/C8H12F3NO3S/c9-8(10,11)16(14,15)12-5-1-2-6(12)4-7(13)3-5/h5-7,13H,1-4H2. The fourth-order valence-electron chi connectivity index (χ4n) is 2.62. The molecule has 0 saturated carbocycles. The quantitative estimate of drug-likeness (QED) is 0.758. The highest BCUT2D eigenvalue weighted by atomic mass is 32.2. The summed E-state index contributed by atoms with van der Waals surface area (Å²) >= 11 is 0. The molecule has 0 aromatic carbocycles. The highest BCUT2D eigenvalue weighted by Crippen LogP contribution is 2.42. The van der Waals surface area contributed by atoms with Gasteiger partial charge < -0.3 is 5.11 Å². The molecular weight excluding hydrogens is 247 g/mol. The predicted molar refractivity (Wildman–Crippen MR) is 48.9 cm³/mol. The van der Waals surface area contributed by atoms with Crippen molar-refractivity contribution in [3.8, 4) is 0 Å². The number of sulfonamides is 1. The molecule has 0 aromatic heterocycles. The van der Waals surface area contributed by atoms with Gasteiger partial charge in [-0.25, -0.2) is 8.42 Å². The lowest BCUT2D eigenvalue weighted by atomic mass is 10.0. The van der Waals surface area contributed by atoms with Crippen molar-refractivity contribution < 1.29 is 26.7 Å². The van der Waals surface area contributed by atoms with Gasteiger partial charge in [0.15, 0.2) is 0 Å². The lowest BCUT2D eigenvalue weighted by Gasteiger charge is -2.36. The Morgan fingerprint density at radius 3 is 1.94 bits per heavy atom.